The monoisotopic (exact) mass is 425 g/mol. The number of anilines is 1. The van der Waals surface area contributed by atoms with Gasteiger partial charge in [0, 0.05) is 23.7 Å². The minimum atomic E-state index is -4.41. The van der Waals surface area contributed by atoms with Crippen LogP contribution in [-0.4, -0.2) is 42.7 Å². The minimum absolute atomic E-state index is 0.112. The maximum atomic E-state index is 12.5. The Balaban J connectivity index is 2.27. The van der Waals surface area contributed by atoms with E-state index in [0.29, 0.717) is 10.7 Å². The largest absolute Gasteiger partial charge is 0.384 e. The van der Waals surface area contributed by atoms with E-state index in [9.17, 15) is 18.0 Å². The lowest BCUT2D eigenvalue weighted by Crippen LogP contribution is -2.33. The highest BCUT2D eigenvalue weighted by Crippen LogP contribution is 2.20. The molecule has 10 heteroatoms. The molecular formula is C18H23N3O5S2. The fraction of sp³-hybridized carbons (Fsp3) is 0.333. The molecule has 0 unspecified atom stereocenters. The molecule has 1 fully saturated rings. The van der Waals surface area contributed by atoms with Gasteiger partial charge in [-0.15, -0.1) is 12.6 Å². The average molecular weight is 426 g/mol. The molecule has 1 aliphatic rings. The molecule has 2 rings (SSSR count). The topological polar surface area (TPSA) is 130 Å². The molecule has 0 spiro atoms. The molecule has 8 nitrogen and oxygen atoms in total. The van der Waals surface area contributed by atoms with Crippen LogP contribution < -0.4 is 11.1 Å². The van der Waals surface area contributed by atoms with E-state index >= 15 is 0 Å². The number of nitrogens with one attached hydrogen (secondary N) is 1. The molecule has 1 aliphatic heterocycles. The molecule has 0 saturated carbocycles. The Kier molecular flexibility index (Phi) is 7.28. The van der Waals surface area contributed by atoms with E-state index in [2.05, 4.69) is 17.9 Å². The van der Waals surface area contributed by atoms with E-state index in [1.54, 1.807) is 0 Å². The Morgan fingerprint density at radius 2 is 1.89 bits per heavy atom. The highest BCUT2D eigenvalue weighted by atomic mass is 32.2. The molecule has 0 aromatic heterocycles. The first-order valence-electron chi connectivity index (χ1n) is 8.65. The Bertz CT molecular complexity index is 932. The predicted molar refractivity (Wildman–Crippen MR) is 109 cm³/mol. The second kappa shape index (κ2) is 9.26. The van der Waals surface area contributed by atoms with Gasteiger partial charge in [0.05, 0.1) is 10.5 Å². The van der Waals surface area contributed by atoms with Crippen LogP contribution in [-0.2, 0) is 19.7 Å². The van der Waals surface area contributed by atoms with E-state index in [1.165, 1.54) is 31.2 Å². The second-order valence-corrected chi connectivity index (χ2v) is 8.29. The van der Waals surface area contributed by atoms with Crippen molar-refractivity contribution >= 4 is 40.1 Å². The number of benzene rings is 1. The number of nitrogens with two attached hydrogens (primary N) is 1. The van der Waals surface area contributed by atoms with Gasteiger partial charge in [-0.1, -0.05) is 6.07 Å². The Labute approximate surface area is 169 Å². The summed E-state index contributed by atoms with van der Waals surface area (Å²) in [7, 11) is -4.41. The van der Waals surface area contributed by atoms with Crippen molar-refractivity contribution in [1.29, 1.82) is 0 Å². The highest BCUT2D eigenvalue weighted by Gasteiger charge is 2.18. The fourth-order valence-corrected chi connectivity index (χ4v) is 3.56. The second-order valence-electron chi connectivity index (χ2n) is 6.39. The van der Waals surface area contributed by atoms with Gasteiger partial charge in [-0.05, 0) is 50.5 Å². The molecule has 1 aromatic carbocycles. The maximum Gasteiger partial charge on any atom is 0.294 e. The molecule has 152 valence electrons. The summed E-state index contributed by atoms with van der Waals surface area (Å²) in [4.78, 5) is 26.4. The average Bonchev–Trinajstić information content (AvgIpc) is 2.65. The molecule has 1 heterocycles. The molecule has 0 radical (unpaired) electrons. The van der Waals surface area contributed by atoms with Gasteiger partial charge < -0.3 is 16.0 Å². The van der Waals surface area contributed by atoms with E-state index in [4.69, 9.17) is 10.3 Å². The summed E-state index contributed by atoms with van der Waals surface area (Å²) < 4.78 is 31.6. The van der Waals surface area contributed by atoms with E-state index in [1.807, 2.05) is 4.90 Å². The summed E-state index contributed by atoms with van der Waals surface area (Å²) in [6.07, 6.45) is 4.45. The number of nitrogens with zero attached hydrogens (tertiary/aromatic N) is 1. The van der Waals surface area contributed by atoms with Crippen LogP contribution in [0.15, 0.2) is 51.5 Å². The lowest BCUT2D eigenvalue weighted by atomic mass is 10.1. The number of hydrogen-bond acceptors (Lipinski definition) is 7. The van der Waals surface area contributed by atoms with Crippen molar-refractivity contribution in [3.8, 4) is 0 Å². The highest BCUT2D eigenvalue weighted by molar-refractivity contribution is 7.85. The molecule has 0 aliphatic carbocycles. The summed E-state index contributed by atoms with van der Waals surface area (Å²) in [5.74, 6) is -0.845. The van der Waals surface area contributed by atoms with Crippen molar-refractivity contribution in [3.05, 3.63) is 46.6 Å². The minimum Gasteiger partial charge on any atom is -0.384 e. The third kappa shape index (κ3) is 5.85. The van der Waals surface area contributed by atoms with Gasteiger partial charge in [-0.3, -0.25) is 14.1 Å². The zero-order valence-corrected chi connectivity index (χ0v) is 17.1. The van der Waals surface area contributed by atoms with Crippen LogP contribution in [0.3, 0.4) is 0 Å². The summed E-state index contributed by atoms with van der Waals surface area (Å²) in [6.45, 7) is 2.81. The maximum absolute atomic E-state index is 12.5. The molecule has 28 heavy (non-hydrogen) atoms. The molecule has 0 atom stereocenters. The predicted octanol–water partition coefficient (Wildman–Crippen LogP) is 1.93. The van der Waals surface area contributed by atoms with Gasteiger partial charge in [-0.2, -0.15) is 8.42 Å². The van der Waals surface area contributed by atoms with Gasteiger partial charge in [0.15, 0.2) is 5.78 Å². The van der Waals surface area contributed by atoms with Crippen LogP contribution >= 0.6 is 12.6 Å². The Morgan fingerprint density at radius 3 is 2.46 bits per heavy atom. The van der Waals surface area contributed by atoms with Crippen molar-refractivity contribution in [2.75, 3.05) is 18.4 Å². The van der Waals surface area contributed by atoms with Gasteiger partial charge in [0.1, 0.15) is 5.82 Å². The van der Waals surface area contributed by atoms with Crippen LogP contribution in [0.25, 0.3) is 0 Å². The molecule has 0 bridgehead atoms. The molecular weight excluding hydrogens is 402 g/mol. The normalized spacial score (nSPS) is 16.4. The lowest BCUT2D eigenvalue weighted by Gasteiger charge is -2.29. The Morgan fingerprint density at radius 1 is 1.25 bits per heavy atom. The first-order valence-corrected chi connectivity index (χ1v) is 10.5. The van der Waals surface area contributed by atoms with Crippen molar-refractivity contribution in [2.45, 2.75) is 31.1 Å². The van der Waals surface area contributed by atoms with Crippen molar-refractivity contribution in [1.82, 2.24) is 4.90 Å². The summed E-state index contributed by atoms with van der Waals surface area (Å²) in [6, 6.07) is 5.06. The van der Waals surface area contributed by atoms with Crippen LogP contribution in [0.4, 0.5) is 5.69 Å². The number of rotatable bonds is 6. The third-order valence-corrected chi connectivity index (χ3v) is 5.46. The number of Topliss-reactive ketones (excluding diaryl/α,β-unsaturated/α-hetero) is 1. The van der Waals surface area contributed by atoms with E-state index in [0.717, 1.165) is 38.4 Å². The zero-order chi connectivity index (χ0) is 20.9. The number of piperidine rings is 1. The van der Waals surface area contributed by atoms with Gasteiger partial charge >= 0.3 is 0 Å². The van der Waals surface area contributed by atoms with Crippen LogP contribution in [0.1, 0.15) is 26.2 Å². The van der Waals surface area contributed by atoms with E-state index in [-0.39, 0.29) is 16.2 Å². The molecule has 1 aromatic rings. The van der Waals surface area contributed by atoms with Crippen LogP contribution in [0.2, 0.25) is 0 Å². The standard InChI is InChI=1S/C18H23N3O5S2/c1-12(22)15(11-16(27)17(19)21-8-3-2-4-9-21)18(23)20-13-6-5-7-14(10-13)28(24,25)26/h5-7,10-11,27H,2-4,8-9,19H2,1H3,(H,20,23)(H,24,25,26)/b15-11-,17-16+. The number of ketones is 1. The summed E-state index contributed by atoms with van der Waals surface area (Å²) in [5, 5.41) is 2.45. The van der Waals surface area contributed by atoms with Gasteiger partial charge in [0.25, 0.3) is 16.0 Å². The van der Waals surface area contributed by atoms with Gasteiger partial charge in [-0.25, -0.2) is 0 Å². The number of hydrogen-bond donors (Lipinski definition) is 4. The first kappa shape index (κ1) is 22.0. The Hall–Kier alpha value is -2.30. The molecule has 1 amide bonds. The first-order chi connectivity index (χ1) is 13.1. The zero-order valence-electron chi connectivity index (χ0n) is 15.4. The van der Waals surface area contributed by atoms with Crippen LogP contribution in [0, 0.1) is 0 Å². The lowest BCUT2D eigenvalue weighted by molar-refractivity contribution is -0.118. The van der Waals surface area contributed by atoms with Crippen molar-refractivity contribution in [3.63, 3.8) is 0 Å². The SMILES string of the molecule is CC(=O)/C(=C/C(S)=C(/N)N1CCCCC1)C(=O)Nc1cccc(S(=O)(=O)O)c1. The van der Waals surface area contributed by atoms with E-state index < -0.39 is 21.8 Å². The summed E-state index contributed by atoms with van der Waals surface area (Å²) in [5.41, 5.74) is 6.04. The number of carbonyl (C=O) groups excluding carboxylic acids is 2. The van der Waals surface area contributed by atoms with Crippen molar-refractivity contribution < 1.29 is 22.6 Å². The van der Waals surface area contributed by atoms with Crippen LogP contribution in [0.5, 0.6) is 0 Å². The van der Waals surface area contributed by atoms with Gasteiger partial charge in [0.2, 0.25) is 0 Å². The number of amides is 1. The molecule has 4 N–H and O–H groups in total. The quantitative estimate of drug-likeness (QED) is 0.137. The molecule has 1 saturated heterocycles. The summed E-state index contributed by atoms with van der Waals surface area (Å²) >= 11 is 4.34. The number of likely N-dealkylation sites (tertiary alicyclic amines) is 1. The number of allylic oxidation sites excluding steroid dienone is 1. The third-order valence-electron chi connectivity index (χ3n) is 4.25. The number of thiol groups is 1. The number of carbonyl (C=O) groups is 2. The smallest absolute Gasteiger partial charge is 0.294 e. The fourth-order valence-electron chi connectivity index (χ4n) is 2.77. The van der Waals surface area contributed by atoms with Crippen molar-refractivity contribution in [2.24, 2.45) is 5.73 Å².